The van der Waals surface area contributed by atoms with Gasteiger partial charge < -0.3 is 14.6 Å². The van der Waals surface area contributed by atoms with Crippen molar-refractivity contribution in [3.8, 4) is 11.5 Å². The fourth-order valence-electron chi connectivity index (χ4n) is 4.07. The molecule has 190 valence electrons. The number of rotatable bonds is 23. The normalized spacial score (nSPS) is 11.0. The smallest absolute Gasteiger partial charge is 0.335 e. The first-order chi connectivity index (χ1) is 16.2. The molecule has 0 saturated heterocycles. The third-order valence-electron chi connectivity index (χ3n) is 6.16. The number of hydrogen-bond acceptors (Lipinski definition) is 3. The minimum atomic E-state index is -0.948. The first-order valence-electron chi connectivity index (χ1n) is 13.8. The molecule has 0 spiro atoms. The fourth-order valence-corrected chi connectivity index (χ4v) is 4.07. The summed E-state index contributed by atoms with van der Waals surface area (Å²) in [4.78, 5) is 11.5. The molecule has 0 aliphatic heterocycles. The van der Waals surface area contributed by atoms with Crippen molar-refractivity contribution in [1.82, 2.24) is 0 Å². The van der Waals surface area contributed by atoms with Crippen molar-refractivity contribution < 1.29 is 19.4 Å². The number of hydrogen-bond donors (Lipinski definition) is 1. The molecule has 4 nitrogen and oxygen atoms in total. The molecule has 0 bridgehead atoms. The van der Waals surface area contributed by atoms with Gasteiger partial charge in [-0.05, 0) is 25.0 Å². The van der Waals surface area contributed by atoms with Crippen LogP contribution in [0.5, 0.6) is 11.5 Å². The van der Waals surface area contributed by atoms with E-state index in [4.69, 9.17) is 9.47 Å². The zero-order chi connectivity index (χ0) is 24.0. The quantitative estimate of drug-likeness (QED) is 0.165. The number of benzene rings is 1. The summed E-state index contributed by atoms with van der Waals surface area (Å²) in [5.41, 5.74) is 0.224. The molecule has 33 heavy (non-hydrogen) atoms. The minimum Gasteiger partial charge on any atom is -0.493 e. The van der Waals surface area contributed by atoms with Gasteiger partial charge in [0.2, 0.25) is 0 Å². The van der Waals surface area contributed by atoms with Gasteiger partial charge in [-0.3, -0.25) is 0 Å². The van der Waals surface area contributed by atoms with E-state index in [-0.39, 0.29) is 5.56 Å². The van der Waals surface area contributed by atoms with E-state index in [2.05, 4.69) is 13.8 Å². The second-order valence-electron chi connectivity index (χ2n) is 9.35. The van der Waals surface area contributed by atoms with Crippen LogP contribution < -0.4 is 9.47 Å². The van der Waals surface area contributed by atoms with Crippen LogP contribution in [0.15, 0.2) is 18.2 Å². The lowest BCUT2D eigenvalue weighted by Crippen LogP contribution is -2.03. The summed E-state index contributed by atoms with van der Waals surface area (Å²) >= 11 is 0. The lowest BCUT2D eigenvalue weighted by Gasteiger charge is -2.11. The molecule has 0 heterocycles. The Hall–Kier alpha value is -1.71. The summed E-state index contributed by atoms with van der Waals surface area (Å²) in [6, 6.07) is 5.02. The van der Waals surface area contributed by atoms with Crippen LogP contribution in [0.3, 0.4) is 0 Å². The van der Waals surface area contributed by atoms with Crippen molar-refractivity contribution >= 4 is 5.97 Å². The van der Waals surface area contributed by atoms with Gasteiger partial charge in [0.25, 0.3) is 0 Å². The van der Waals surface area contributed by atoms with Crippen LogP contribution in [0.4, 0.5) is 0 Å². The van der Waals surface area contributed by atoms with Crippen molar-refractivity contribution in [1.29, 1.82) is 0 Å². The van der Waals surface area contributed by atoms with Crippen LogP contribution in [-0.4, -0.2) is 24.3 Å². The molecule has 0 radical (unpaired) electrons. The molecular formula is C29H50O4. The van der Waals surface area contributed by atoms with Gasteiger partial charge in [-0.15, -0.1) is 0 Å². The molecule has 0 amide bonds. The molecular weight excluding hydrogens is 412 g/mol. The number of carboxylic acid groups (broad SMARTS) is 1. The Labute approximate surface area is 203 Å². The highest BCUT2D eigenvalue weighted by Gasteiger charge is 2.09. The Bertz CT molecular complexity index is 557. The van der Waals surface area contributed by atoms with Gasteiger partial charge >= 0.3 is 5.97 Å². The molecule has 0 aromatic heterocycles. The summed E-state index contributed by atoms with van der Waals surface area (Å²) in [5.74, 6) is 0.240. The van der Waals surface area contributed by atoms with E-state index in [1.807, 2.05) is 6.07 Å². The minimum absolute atomic E-state index is 0.224. The third kappa shape index (κ3) is 16.5. The average molecular weight is 463 g/mol. The lowest BCUT2D eigenvalue weighted by molar-refractivity contribution is 0.0695. The van der Waals surface area contributed by atoms with Crippen molar-refractivity contribution in [2.75, 3.05) is 13.2 Å². The highest BCUT2D eigenvalue weighted by molar-refractivity contribution is 5.88. The summed E-state index contributed by atoms with van der Waals surface area (Å²) in [6.07, 6.45) is 22.8. The van der Waals surface area contributed by atoms with Gasteiger partial charge in [-0.2, -0.15) is 0 Å². The Morgan fingerprint density at radius 1 is 0.576 bits per heavy atom. The van der Waals surface area contributed by atoms with Crippen molar-refractivity contribution in [3.05, 3.63) is 23.8 Å². The molecule has 0 aliphatic carbocycles. The highest BCUT2D eigenvalue weighted by atomic mass is 16.5. The maximum absolute atomic E-state index is 11.5. The summed E-state index contributed by atoms with van der Waals surface area (Å²) in [6.45, 7) is 5.74. The monoisotopic (exact) mass is 462 g/mol. The fraction of sp³-hybridized carbons (Fsp3) is 0.759. The average Bonchev–Trinajstić information content (AvgIpc) is 2.81. The zero-order valence-corrected chi connectivity index (χ0v) is 21.5. The first-order valence-corrected chi connectivity index (χ1v) is 13.8. The second kappa shape index (κ2) is 20.9. The largest absolute Gasteiger partial charge is 0.493 e. The number of carbonyl (C=O) groups is 1. The maximum atomic E-state index is 11.5. The van der Waals surface area contributed by atoms with Crippen LogP contribution in [0.25, 0.3) is 0 Å². The topological polar surface area (TPSA) is 55.8 Å². The van der Waals surface area contributed by atoms with Gasteiger partial charge in [0.15, 0.2) is 0 Å². The van der Waals surface area contributed by atoms with Crippen molar-refractivity contribution in [2.45, 2.75) is 129 Å². The van der Waals surface area contributed by atoms with Gasteiger partial charge in [0, 0.05) is 6.07 Å². The number of aromatic carboxylic acids is 1. The molecule has 4 heteroatoms. The first kappa shape index (κ1) is 29.3. The van der Waals surface area contributed by atoms with E-state index in [0.717, 1.165) is 25.7 Å². The van der Waals surface area contributed by atoms with Gasteiger partial charge in [0.1, 0.15) is 11.5 Å². The molecule has 0 atom stereocenters. The predicted octanol–water partition coefficient (Wildman–Crippen LogP) is 9.20. The molecule has 0 fully saturated rings. The van der Waals surface area contributed by atoms with E-state index in [9.17, 15) is 9.90 Å². The van der Waals surface area contributed by atoms with Crippen LogP contribution in [-0.2, 0) is 0 Å². The van der Waals surface area contributed by atoms with E-state index < -0.39 is 5.97 Å². The van der Waals surface area contributed by atoms with Gasteiger partial charge in [0.05, 0.1) is 18.8 Å². The summed E-state index contributed by atoms with van der Waals surface area (Å²) < 4.78 is 11.7. The Kier molecular flexibility index (Phi) is 18.5. The third-order valence-corrected chi connectivity index (χ3v) is 6.16. The maximum Gasteiger partial charge on any atom is 0.335 e. The number of unbranched alkanes of at least 4 members (excludes halogenated alkanes) is 16. The molecule has 0 aliphatic rings. The summed E-state index contributed by atoms with van der Waals surface area (Å²) in [5, 5.41) is 9.41. The Morgan fingerprint density at radius 3 is 1.24 bits per heavy atom. The Balaban J connectivity index is 2.22. The van der Waals surface area contributed by atoms with Crippen LogP contribution in [0, 0.1) is 0 Å². The number of ether oxygens (including phenoxy) is 2. The van der Waals surface area contributed by atoms with Crippen LogP contribution in [0.1, 0.15) is 140 Å². The van der Waals surface area contributed by atoms with E-state index in [1.54, 1.807) is 12.1 Å². The predicted molar refractivity (Wildman–Crippen MR) is 139 cm³/mol. The Morgan fingerprint density at radius 2 is 0.909 bits per heavy atom. The van der Waals surface area contributed by atoms with E-state index >= 15 is 0 Å². The van der Waals surface area contributed by atoms with Crippen molar-refractivity contribution in [2.24, 2.45) is 0 Å². The van der Waals surface area contributed by atoms with Gasteiger partial charge in [-0.1, -0.05) is 117 Å². The van der Waals surface area contributed by atoms with Crippen LogP contribution >= 0.6 is 0 Å². The van der Waals surface area contributed by atoms with E-state index in [1.165, 1.54) is 89.9 Å². The molecule has 1 rings (SSSR count). The second-order valence-corrected chi connectivity index (χ2v) is 9.35. The zero-order valence-electron chi connectivity index (χ0n) is 21.5. The standard InChI is InChI=1S/C29H50O4/c1-3-5-7-9-11-13-15-17-19-21-32-27-23-26(29(30)31)24-28(25-27)33-22-20-18-16-14-12-10-8-6-4-2/h23-25H,3-22H2,1-2H3,(H,30,31). The van der Waals surface area contributed by atoms with Crippen molar-refractivity contribution in [3.63, 3.8) is 0 Å². The van der Waals surface area contributed by atoms with E-state index in [0.29, 0.717) is 24.7 Å². The lowest BCUT2D eigenvalue weighted by atomic mass is 10.1. The molecule has 1 N–H and O–H groups in total. The molecule has 0 unspecified atom stereocenters. The molecule has 1 aromatic rings. The van der Waals surface area contributed by atoms with Gasteiger partial charge in [-0.25, -0.2) is 4.79 Å². The van der Waals surface area contributed by atoms with Crippen LogP contribution in [0.2, 0.25) is 0 Å². The molecule has 1 aromatic carbocycles. The number of carboxylic acids is 1. The SMILES string of the molecule is CCCCCCCCCCCOc1cc(OCCCCCCCCCCC)cc(C(=O)O)c1. The highest BCUT2D eigenvalue weighted by Crippen LogP contribution is 2.24. The molecule has 0 saturated carbocycles. The summed E-state index contributed by atoms with van der Waals surface area (Å²) in [7, 11) is 0.